The minimum atomic E-state index is -0.254. The van der Waals surface area contributed by atoms with Gasteiger partial charge in [0.15, 0.2) is 6.61 Å². The molecule has 4 rings (SSSR count). The second kappa shape index (κ2) is 9.42. The number of nitrogens with zero attached hydrogens (tertiary/aromatic N) is 3. The van der Waals surface area contributed by atoms with Crippen molar-refractivity contribution in [1.82, 2.24) is 15.0 Å². The topological polar surface area (TPSA) is 69.0 Å². The summed E-state index contributed by atoms with van der Waals surface area (Å²) in [5.74, 6) is 0.859. The Labute approximate surface area is 203 Å². The number of ether oxygens (including phenoxy) is 1. The zero-order valence-electron chi connectivity index (χ0n) is 17.9. The number of hydrogen-bond acceptors (Lipinski definition) is 4. The number of hydrogen-bond donors (Lipinski definition) is 1. The molecule has 0 radical (unpaired) electrons. The van der Waals surface area contributed by atoms with E-state index in [4.69, 9.17) is 4.74 Å². The molecule has 0 saturated carbocycles. The minimum absolute atomic E-state index is 0.103. The van der Waals surface area contributed by atoms with E-state index in [1.807, 2.05) is 43.3 Å². The van der Waals surface area contributed by atoms with E-state index >= 15 is 0 Å². The molecule has 0 aliphatic rings. The van der Waals surface area contributed by atoms with E-state index in [2.05, 4.69) is 73.4 Å². The second-order valence-corrected chi connectivity index (χ2v) is 9.58. The molecule has 0 unspecified atom stereocenters. The Kier molecular flexibility index (Phi) is 6.62. The Morgan fingerprint density at radius 1 is 1.03 bits per heavy atom. The van der Waals surface area contributed by atoms with Gasteiger partial charge in [0.1, 0.15) is 16.8 Å². The van der Waals surface area contributed by atoms with E-state index in [1.165, 1.54) is 5.56 Å². The number of fused-ring (bicyclic) bond motifs is 1. The van der Waals surface area contributed by atoms with E-state index < -0.39 is 0 Å². The number of aryl methyl sites for hydroxylation is 1. The first kappa shape index (κ1) is 22.5. The van der Waals surface area contributed by atoms with Crippen LogP contribution in [0.3, 0.4) is 0 Å². The van der Waals surface area contributed by atoms with Crippen molar-refractivity contribution < 1.29 is 9.53 Å². The third kappa shape index (κ3) is 5.02. The molecular weight excluding hydrogens is 536 g/mol. The Balaban J connectivity index is 1.45. The maximum absolute atomic E-state index is 12.4. The van der Waals surface area contributed by atoms with Crippen molar-refractivity contribution in [1.29, 1.82) is 0 Å². The van der Waals surface area contributed by atoms with Crippen LogP contribution >= 0.6 is 31.9 Å². The molecule has 32 heavy (non-hydrogen) atoms. The fraction of sp³-hybridized carbons (Fsp3) is 0.208. The molecule has 0 spiro atoms. The van der Waals surface area contributed by atoms with Gasteiger partial charge in [0.2, 0.25) is 0 Å². The van der Waals surface area contributed by atoms with Gasteiger partial charge in [-0.1, -0.05) is 41.9 Å². The molecule has 0 fully saturated rings. The van der Waals surface area contributed by atoms with Crippen LogP contribution in [0.2, 0.25) is 0 Å². The monoisotopic (exact) mass is 556 g/mol. The van der Waals surface area contributed by atoms with Crippen LogP contribution in [-0.4, -0.2) is 27.5 Å². The SMILES string of the molecule is Cc1cc(Br)cc(Br)c1OCC(=O)Nc1ccc2nn(-c3ccc(C(C)C)cc3)nc2c1. The first-order valence-electron chi connectivity index (χ1n) is 10.2. The van der Waals surface area contributed by atoms with Gasteiger partial charge in [-0.2, -0.15) is 4.80 Å². The standard InChI is InChI=1S/C24H22Br2N4O2/c1-14(2)16-4-7-19(8-5-16)30-28-21-9-6-18(12-22(21)29-30)27-23(31)13-32-24-15(3)10-17(25)11-20(24)26/h4-12,14H,13H2,1-3H3,(H,27,31). The van der Waals surface area contributed by atoms with Crippen molar-refractivity contribution in [3.05, 3.63) is 74.7 Å². The van der Waals surface area contributed by atoms with Crippen molar-refractivity contribution in [2.45, 2.75) is 26.7 Å². The molecule has 3 aromatic carbocycles. The molecule has 8 heteroatoms. The first-order chi connectivity index (χ1) is 15.3. The molecule has 0 saturated heterocycles. The highest BCUT2D eigenvalue weighted by Gasteiger charge is 2.12. The molecule has 1 N–H and O–H groups in total. The molecule has 1 amide bonds. The summed E-state index contributed by atoms with van der Waals surface area (Å²) in [6, 6.07) is 17.5. The predicted octanol–water partition coefficient (Wildman–Crippen LogP) is 6.39. The maximum Gasteiger partial charge on any atom is 0.262 e. The van der Waals surface area contributed by atoms with E-state index in [-0.39, 0.29) is 12.5 Å². The third-order valence-electron chi connectivity index (χ3n) is 5.00. The fourth-order valence-corrected chi connectivity index (χ4v) is 4.86. The van der Waals surface area contributed by atoms with Crippen molar-refractivity contribution in [2.75, 3.05) is 11.9 Å². The number of halogens is 2. The van der Waals surface area contributed by atoms with Gasteiger partial charge in [-0.15, -0.1) is 10.2 Å². The summed E-state index contributed by atoms with van der Waals surface area (Å²) < 4.78 is 7.45. The van der Waals surface area contributed by atoms with Gasteiger partial charge < -0.3 is 10.1 Å². The number of carbonyl (C=O) groups excluding carboxylic acids is 1. The smallest absolute Gasteiger partial charge is 0.262 e. The van der Waals surface area contributed by atoms with Gasteiger partial charge >= 0.3 is 0 Å². The summed E-state index contributed by atoms with van der Waals surface area (Å²) in [5, 5.41) is 12.0. The Morgan fingerprint density at radius 3 is 2.44 bits per heavy atom. The van der Waals surface area contributed by atoms with Crippen molar-refractivity contribution in [3.8, 4) is 11.4 Å². The average molecular weight is 558 g/mol. The molecular formula is C24H22Br2N4O2. The van der Waals surface area contributed by atoms with E-state index in [0.29, 0.717) is 22.9 Å². The maximum atomic E-state index is 12.4. The van der Waals surface area contributed by atoms with Crippen LogP contribution in [0.25, 0.3) is 16.7 Å². The Morgan fingerprint density at radius 2 is 1.75 bits per heavy atom. The van der Waals surface area contributed by atoms with Gasteiger partial charge in [0.25, 0.3) is 5.91 Å². The highest BCUT2D eigenvalue weighted by atomic mass is 79.9. The van der Waals surface area contributed by atoms with Crippen molar-refractivity contribution in [2.24, 2.45) is 0 Å². The number of anilines is 1. The Bertz CT molecular complexity index is 1260. The minimum Gasteiger partial charge on any atom is -0.482 e. The summed E-state index contributed by atoms with van der Waals surface area (Å²) in [6.45, 7) is 6.15. The molecule has 0 aliphatic carbocycles. The lowest BCUT2D eigenvalue weighted by molar-refractivity contribution is -0.118. The third-order valence-corrected chi connectivity index (χ3v) is 6.04. The fourth-order valence-electron chi connectivity index (χ4n) is 3.31. The van der Waals surface area contributed by atoms with Gasteiger partial charge in [-0.25, -0.2) is 0 Å². The summed E-state index contributed by atoms with van der Waals surface area (Å²) in [6.07, 6.45) is 0. The normalized spacial score (nSPS) is 11.2. The molecule has 1 heterocycles. The number of nitrogens with one attached hydrogen (secondary N) is 1. The predicted molar refractivity (Wildman–Crippen MR) is 134 cm³/mol. The van der Waals surface area contributed by atoms with Gasteiger partial charge in [-0.3, -0.25) is 4.79 Å². The Hall–Kier alpha value is -2.71. The first-order valence-corrected chi connectivity index (χ1v) is 11.7. The van der Waals surface area contributed by atoms with E-state index in [1.54, 1.807) is 10.9 Å². The summed E-state index contributed by atoms with van der Waals surface area (Å²) in [4.78, 5) is 14.0. The van der Waals surface area contributed by atoms with Crippen LogP contribution in [0.1, 0.15) is 30.9 Å². The molecule has 0 atom stereocenters. The number of carbonyl (C=O) groups is 1. The summed E-state index contributed by atoms with van der Waals surface area (Å²) in [5.41, 5.74) is 5.17. The molecule has 0 bridgehead atoms. The lowest BCUT2D eigenvalue weighted by atomic mass is 10.0. The van der Waals surface area contributed by atoms with Crippen LogP contribution in [0.15, 0.2) is 63.5 Å². The van der Waals surface area contributed by atoms with Crippen LogP contribution < -0.4 is 10.1 Å². The van der Waals surface area contributed by atoms with Gasteiger partial charge in [0, 0.05) is 10.2 Å². The molecule has 6 nitrogen and oxygen atoms in total. The summed E-state index contributed by atoms with van der Waals surface area (Å²) >= 11 is 6.91. The lowest BCUT2D eigenvalue weighted by Gasteiger charge is -2.12. The number of amides is 1. The zero-order chi connectivity index (χ0) is 22.8. The number of benzene rings is 3. The van der Waals surface area contributed by atoms with Crippen LogP contribution in [0, 0.1) is 6.92 Å². The van der Waals surface area contributed by atoms with Crippen molar-refractivity contribution in [3.63, 3.8) is 0 Å². The van der Waals surface area contributed by atoms with Gasteiger partial charge in [-0.05, 0) is 82.4 Å². The van der Waals surface area contributed by atoms with Crippen LogP contribution in [0.5, 0.6) is 5.75 Å². The van der Waals surface area contributed by atoms with E-state index in [0.717, 1.165) is 25.7 Å². The highest BCUT2D eigenvalue weighted by molar-refractivity contribution is 9.11. The largest absolute Gasteiger partial charge is 0.482 e. The second-order valence-electron chi connectivity index (χ2n) is 7.81. The highest BCUT2D eigenvalue weighted by Crippen LogP contribution is 2.32. The summed E-state index contributed by atoms with van der Waals surface area (Å²) in [7, 11) is 0. The van der Waals surface area contributed by atoms with Gasteiger partial charge in [0.05, 0.1) is 10.2 Å². The molecule has 4 aromatic rings. The quantitative estimate of drug-likeness (QED) is 0.298. The number of rotatable bonds is 6. The van der Waals surface area contributed by atoms with Crippen LogP contribution in [-0.2, 0) is 4.79 Å². The molecule has 0 aliphatic heterocycles. The number of aromatic nitrogens is 3. The lowest BCUT2D eigenvalue weighted by Crippen LogP contribution is -2.20. The van der Waals surface area contributed by atoms with E-state index in [9.17, 15) is 4.79 Å². The average Bonchev–Trinajstić information content (AvgIpc) is 3.16. The molecule has 164 valence electrons. The van der Waals surface area contributed by atoms with Crippen molar-refractivity contribution >= 4 is 54.5 Å². The molecule has 1 aromatic heterocycles. The zero-order valence-corrected chi connectivity index (χ0v) is 21.1. The van der Waals surface area contributed by atoms with Crippen LogP contribution in [0.4, 0.5) is 5.69 Å².